The Balaban J connectivity index is 1.65. The molecule has 9 nitrogen and oxygen atoms in total. The number of ether oxygens (including phenoxy) is 1. The summed E-state index contributed by atoms with van der Waals surface area (Å²) in [6.07, 6.45) is -0.444. The van der Waals surface area contributed by atoms with Crippen LogP contribution in [0.2, 0.25) is 5.02 Å². The van der Waals surface area contributed by atoms with Gasteiger partial charge in [0.1, 0.15) is 18.5 Å². The second kappa shape index (κ2) is 8.08. The number of benzene rings is 1. The van der Waals surface area contributed by atoms with Gasteiger partial charge in [0.2, 0.25) is 5.91 Å². The van der Waals surface area contributed by atoms with E-state index in [0.717, 1.165) is 0 Å². The minimum atomic E-state index is -1.98. The maximum Gasteiger partial charge on any atom is 0.343 e. The fourth-order valence-corrected chi connectivity index (χ4v) is 6.03. The van der Waals surface area contributed by atoms with Gasteiger partial charge in [-0.2, -0.15) is 0 Å². The van der Waals surface area contributed by atoms with Gasteiger partial charge >= 0.3 is 5.97 Å². The zero-order chi connectivity index (χ0) is 26.4. The number of hydrogen-bond acceptors (Lipinski definition) is 7. The average molecular weight is 528 g/mol. The van der Waals surface area contributed by atoms with E-state index in [1.54, 1.807) is 13.0 Å². The molecule has 192 valence electrons. The summed E-state index contributed by atoms with van der Waals surface area (Å²) in [6, 6.07) is 2.27. The molecule has 0 radical (unpaired) electrons. The lowest BCUT2D eigenvalue weighted by Crippen LogP contribution is -2.44. The number of cyclic esters (lactones) is 1. The van der Waals surface area contributed by atoms with Crippen LogP contribution in [0.3, 0.4) is 0 Å². The molecule has 1 aromatic carbocycles. The Hall–Kier alpha value is -3.34. The molecule has 0 saturated heterocycles. The van der Waals surface area contributed by atoms with E-state index in [4.69, 9.17) is 21.3 Å². The highest BCUT2D eigenvalue weighted by Gasteiger charge is 2.46. The summed E-state index contributed by atoms with van der Waals surface area (Å²) in [5, 5.41) is 24.4. The molecule has 3 atom stereocenters. The summed E-state index contributed by atoms with van der Waals surface area (Å²) in [6.45, 7) is 2.84. The van der Waals surface area contributed by atoms with Crippen molar-refractivity contribution in [1.29, 1.82) is 0 Å². The number of amides is 1. The summed E-state index contributed by atoms with van der Waals surface area (Å²) in [7, 11) is 0. The van der Waals surface area contributed by atoms with Crippen LogP contribution in [0.5, 0.6) is 0 Å². The highest BCUT2D eigenvalue weighted by molar-refractivity contribution is 6.32. The van der Waals surface area contributed by atoms with Crippen molar-refractivity contribution >= 4 is 34.4 Å². The molecule has 1 amide bonds. The monoisotopic (exact) mass is 527 g/mol. The van der Waals surface area contributed by atoms with E-state index in [-0.39, 0.29) is 35.7 Å². The standard InChI is InChI=1S/C26H23ClFN3O6/c1-3-26(36)14-6-18-22-12(8-31(18)24(34)13(14)9-37-25(26)35)20-16(30-23(33)10(2)32)5-4-11-19(20)17(29-22)7-15(28)21(11)27/h6-7,10,16,32,36H,3-5,8-9H2,1-2H3,(H,30,33)/t10-,16+,26+/m1/s1. The third kappa shape index (κ3) is 3.22. The quantitative estimate of drug-likeness (QED) is 0.349. The predicted octanol–water partition coefficient (Wildman–Crippen LogP) is 2.36. The topological polar surface area (TPSA) is 131 Å². The van der Waals surface area contributed by atoms with Crippen molar-refractivity contribution in [3.8, 4) is 11.4 Å². The first kappa shape index (κ1) is 24.0. The number of halogens is 2. The van der Waals surface area contributed by atoms with Crippen molar-refractivity contribution < 1.29 is 28.9 Å². The van der Waals surface area contributed by atoms with Gasteiger partial charge in [0.15, 0.2) is 5.60 Å². The lowest BCUT2D eigenvalue weighted by Gasteiger charge is -2.31. The number of carbonyl (C=O) groups is 2. The fourth-order valence-electron chi connectivity index (χ4n) is 5.79. The Kier molecular flexibility index (Phi) is 5.24. The van der Waals surface area contributed by atoms with Gasteiger partial charge in [0.25, 0.3) is 5.56 Å². The molecular weight excluding hydrogens is 505 g/mol. The maximum absolute atomic E-state index is 14.8. The first-order valence-electron chi connectivity index (χ1n) is 12.1. The largest absolute Gasteiger partial charge is 0.458 e. The highest BCUT2D eigenvalue weighted by atomic mass is 35.5. The van der Waals surface area contributed by atoms with Crippen LogP contribution in [0, 0.1) is 5.82 Å². The molecule has 4 heterocycles. The fraction of sp³-hybridized carbons (Fsp3) is 0.385. The highest BCUT2D eigenvalue weighted by Crippen LogP contribution is 2.46. The minimum absolute atomic E-state index is 0.00546. The number of carbonyl (C=O) groups excluding carboxylic acids is 2. The number of nitrogens with zero attached hydrogens (tertiary/aromatic N) is 2. The van der Waals surface area contributed by atoms with Gasteiger partial charge in [0.05, 0.1) is 40.1 Å². The summed E-state index contributed by atoms with van der Waals surface area (Å²) in [4.78, 5) is 43.2. The third-order valence-electron chi connectivity index (χ3n) is 7.74. The van der Waals surface area contributed by atoms with Gasteiger partial charge in [-0.3, -0.25) is 9.59 Å². The van der Waals surface area contributed by atoms with Crippen molar-refractivity contribution in [3.05, 3.63) is 61.1 Å². The van der Waals surface area contributed by atoms with Crippen LogP contribution in [0.1, 0.15) is 60.5 Å². The van der Waals surface area contributed by atoms with Crippen molar-refractivity contribution in [1.82, 2.24) is 14.9 Å². The lowest BCUT2D eigenvalue weighted by molar-refractivity contribution is -0.172. The van der Waals surface area contributed by atoms with Gasteiger partial charge in [-0.15, -0.1) is 0 Å². The number of nitrogens with one attached hydrogen (secondary N) is 1. The van der Waals surface area contributed by atoms with E-state index in [9.17, 15) is 29.0 Å². The summed E-state index contributed by atoms with van der Waals surface area (Å²) >= 11 is 6.34. The summed E-state index contributed by atoms with van der Waals surface area (Å²) < 4.78 is 21.4. The van der Waals surface area contributed by atoms with Gasteiger partial charge < -0.3 is 24.8 Å². The summed E-state index contributed by atoms with van der Waals surface area (Å²) in [5.74, 6) is -2.01. The molecule has 0 fully saturated rings. The van der Waals surface area contributed by atoms with E-state index in [0.29, 0.717) is 51.8 Å². The number of aryl methyl sites for hydroxylation is 1. The smallest absolute Gasteiger partial charge is 0.343 e. The molecule has 3 aromatic rings. The second-order valence-corrected chi connectivity index (χ2v) is 10.2. The van der Waals surface area contributed by atoms with Crippen molar-refractivity contribution in [3.63, 3.8) is 0 Å². The molecule has 6 rings (SSSR count). The molecule has 0 bridgehead atoms. The Morgan fingerprint density at radius 2 is 2.11 bits per heavy atom. The SMILES string of the molecule is CC[C@@]1(O)C(=O)OCc2c1cc1n(c2=O)Cc2c-1nc1cc(F)c(Cl)c3c1c2[C@@H](NC(=O)[C@@H](C)O)CC3. The number of esters is 1. The van der Waals surface area contributed by atoms with Crippen LogP contribution in [-0.4, -0.2) is 37.7 Å². The molecule has 3 N–H and O–H groups in total. The van der Waals surface area contributed by atoms with E-state index in [1.807, 2.05) is 0 Å². The van der Waals surface area contributed by atoms with Gasteiger partial charge in [-0.05, 0) is 43.4 Å². The number of pyridine rings is 2. The van der Waals surface area contributed by atoms with Crippen LogP contribution >= 0.6 is 11.6 Å². The number of hydrogen-bond donors (Lipinski definition) is 3. The number of aromatic nitrogens is 2. The molecule has 2 aromatic heterocycles. The van der Waals surface area contributed by atoms with Crippen molar-refractivity contribution in [2.75, 3.05) is 0 Å². The first-order chi connectivity index (χ1) is 17.6. The molecule has 0 spiro atoms. The Bertz CT molecular complexity index is 1620. The zero-order valence-electron chi connectivity index (χ0n) is 20.0. The first-order valence-corrected chi connectivity index (χ1v) is 12.4. The molecule has 11 heteroatoms. The predicted molar refractivity (Wildman–Crippen MR) is 130 cm³/mol. The maximum atomic E-state index is 14.8. The van der Waals surface area contributed by atoms with E-state index in [1.165, 1.54) is 17.6 Å². The number of aliphatic hydroxyl groups excluding tert-OH is 1. The molecule has 1 aliphatic carbocycles. The Labute approximate surface area is 214 Å². The average Bonchev–Trinajstić information content (AvgIpc) is 3.24. The van der Waals surface area contributed by atoms with E-state index >= 15 is 0 Å². The van der Waals surface area contributed by atoms with Crippen molar-refractivity contribution in [2.45, 2.75) is 64.0 Å². The number of aliphatic hydroxyl groups is 2. The molecule has 2 aliphatic heterocycles. The van der Waals surface area contributed by atoms with Crippen LogP contribution in [0.4, 0.5) is 4.39 Å². The van der Waals surface area contributed by atoms with Gasteiger partial charge in [-0.1, -0.05) is 18.5 Å². The Morgan fingerprint density at radius 1 is 1.35 bits per heavy atom. The van der Waals surface area contributed by atoms with Crippen molar-refractivity contribution in [2.24, 2.45) is 0 Å². The van der Waals surface area contributed by atoms with Crippen LogP contribution < -0.4 is 10.9 Å². The molecule has 0 unspecified atom stereocenters. The van der Waals surface area contributed by atoms with Crippen LogP contribution in [-0.2, 0) is 39.5 Å². The summed E-state index contributed by atoms with van der Waals surface area (Å²) in [5.41, 5.74) is 0.932. The van der Waals surface area contributed by atoms with Crippen LogP contribution in [0.15, 0.2) is 16.9 Å². The number of rotatable bonds is 3. The number of fused-ring (bicyclic) bond motifs is 5. The van der Waals surface area contributed by atoms with Gasteiger partial charge in [-0.25, -0.2) is 14.2 Å². The normalized spacial score (nSPS) is 22.2. The van der Waals surface area contributed by atoms with Gasteiger partial charge in [0, 0.05) is 22.6 Å². The lowest BCUT2D eigenvalue weighted by atomic mass is 9.83. The molecule has 0 saturated carbocycles. The minimum Gasteiger partial charge on any atom is -0.458 e. The van der Waals surface area contributed by atoms with Crippen LogP contribution in [0.25, 0.3) is 22.3 Å². The Morgan fingerprint density at radius 3 is 2.81 bits per heavy atom. The zero-order valence-corrected chi connectivity index (χ0v) is 20.8. The molecule has 3 aliphatic rings. The second-order valence-electron chi connectivity index (χ2n) is 9.78. The van der Waals surface area contributed by atoms with E-state index < -0.39 is 41.0 Å². The molecule has 37 heavy (non-hydrogen) atoms. The molecular formula is C26H23ClFN3O6. The third-order valence-corrected chi connectivity index (χ3v) is 8.15. The van der Waals surface area contributed by atoms with E-state index in [2.05, 4.69) is 5.32 Å².